The molecule has 0 fully saturated rings. The third kappa shape index (κ3) is 9.80. The predicted octanol–water partition coefficient (Wildman–Crippen LogP) is 0.594. The van der Waals surface area contributed by atoms with Crippen LogP contribution in [0.15, 0.2) is 0 Å². The van der Waals surface area contributed by atoms with Crippen LogP contribution in [-0.4, -0.2) is 42.8 Å². The molecule has 0 spiro atoms. The SMILES string of the molecule is CCCCC#CO.[CaH2]. The molecule has 1 nitrogen and oxygen atoms in total. The van der Waals surface area contributed by atoms with Crippen LogP contribution in [0, 0.1) is 12.0 Å². The summed E-state index contributed by atoms with van der Waals surface area (Å²) in [4.78, 5) is 0. The molecule has 0 aromatic rings. The number of hydrogen-bond acceptors (Lipinski definition) is 1. The van der Waals surface area contributed by atoms with Gasteiger partial charge in [-0.2, -0.15) is 0 Å². The van der Waals surface area contributed by atoms with Crippen LogP contribution >= 0.6 is 0 Å². The van der Waals surface area contributed by atoms with Gasteiger partial charge >= 0.3 is 37.7 Å². The first-order valence-corrected chi connectivity index (χ1v) is 2.53. The Balaban J connectivity index is 0. The molecule has 0 rings (SSSR count). The summed E-state index contributed by atoms with van der Waals surface area (Å²) in [5, 5.41) is 7.93. The van der Waals surface area contributed by atoms with Crippen molar-refractivity contribution in [1.29, 1.82) is 0 Å². The van der Waals surface area contributed by atoms with Crippen molar-refractivity contribution < 1.29 is 5.11 Å². The Morgan fingerprint density at radius 2 is 2.12 bits per heavy atom. The Morgan fingerprint density at radius 1 is 1.50 bits per heavy atom. The summed E-state index contributed by atoms with van der Waals surface area (Å²) < 4.78 is 0. The Kier molecular flexibility index (Phi) is 15.1. The molecular weight excluding hydrogens is 128 g/mol. The van der Waals surface area contributed by atoms with Gasteiger partial charge in [-0.05, 0) is 6.42 Å². The fourth-order valence-corrected chi connectivity index (χ4v) is 0.321. The zero-order valence-electron chi connectivity index (χ0n) is 4.57. The normalized spacial score (nSPS) is 6.12. The van der Waals surface area contributed by atoms with E-state index in [1.54, 1.807) is 0 Å². The molecule has 0 saturated carbocycles. The van der Waals surface area contributed by atoms with Crippen LogP contribution in [0.5, 0.6) is 0 Å². The number of aliphatic hydroxyl groups is 1. The summed E-state index contributed by atoms with van der Waals surface area (Å²) in [5.74, 6) is 2.55. The van der Waals surface area contributed by atoms with Gasteiger partial charge in [0.2, 0.25) is 0 Å². The molecule has 0 aromatic heterocycles. The van der Waals surface area contributed by atoms with E-state index in [-0.39, 0.29) is 37.7 Å². The summed E-state index contributed by atoms with van der Waals surface area (Å²) in [6.07, 6.45) is 4.92. The quantitative estimate of drug-likeness (QED) is 0.338. The zero-order chi connectivity index (χ0) is 5.54. The molecule has 0 aliphatic heterocycles. The third-order valence-corrected chi connectivity index (χ3v) is 0.734. The Bertz CT molecular complexity index is 80.3. The van der Waals surface area contributed by atoms with E-state index in [9.17, 15) is 0 Å². The summed E-state index contributed by atoms with van der Waals surface area (Å²) in [6, 6.07) is 0. The average molecular weight is 140 g/mol. The first-order valence-electron chi connectivity index (χ1n) is 2.53. The van der Waals surface area contributed by atoms with Crippen molar-refractivity contribution in [3.05, 3.63) is 0 Å². The molecule has 0 bridgehead atoms. The van der Waals surface area contributed by atoms with Crippen LogP contribution in [0.3, 0.4) is 0 Å². The van der Waals surface area contributed by atoms with E-state index in [1.807, 2.05) is 6.11 Å². The molecule has 0 saturated heterocycles. The molecule has 0 aliphatic rings. The summed E-state index contributed by atoms with van der Waals surface area (Å²) in [6.45, 7) is 2.10. The van der Waals surface area contributed by atoms with Crippen LogP contribution < -0.4 is 0 Å². The van der Waals surface area contributed by atoms with Crippen LogP contribution in [0.25, 0.3) is 0 Å². The third-order valence-electron chi connectivity index (χ3n) is 0.734. The van der Waals surface area contributed by atoms with Gasteiger partial charge in [-0.1, -0.05) is 19.3 Å². The molecule has 2 heteroatoms. The Hall–Kier alpha value is 0.620. The Morgan fingerprint density at radius 3 is 2.50 bits per heavy atom. The van der Waals surface area contributed by atoms with E-state index in [2.05, 4.69) is 12.8 Å². The minimum absolute atomic E-state index is 0. The van der Waals surface area contributed by atoms with E-state index in [1.165, 1.54) is 0 Å². The molecule has 0 aliphatic carbocycles. The number of unbranched alkanes of at least 4 members (excludes halogenated alkanes) is 2. The van der Waals surface area contributed by atoms with Gasteiger partial charge in [0.15, 0.2) is 0 Å². The molecular formula is C6H12CaO. The molecule has 0 heterocycles. The van der Waals surface area contributed by atoms with E-state index in [4.69, 9.17) is 5.11 Å². The second kappa shape index (κ2) is 10.6. The second-order valence-corrected chi connectivity index (χ2v) is 1.39. The maximum atomic E-state index is 7.93. The molecule has 0 aromatic carbocycles. The van der Waals surface area contributed by atoms with Gasteiger partial charge < -0.3 is 5.11 Å². The van der Waals surface area contributed by atoms with Gasteiger partial charge in [-0.25, -0.2) is 0 Å². The fraction of sp³-hybridized carbons (Fsp3) is 0.667. The van der Waals surface area contributed by atoms with Crippen molar-refractivity contribution in [2.75, 3.05) is 0 Å². The predicted molar refractivity (Wildman–Crippen MR) is 37.8 cm³/mol. The standard InChI is InChI=1S/C6H10O.Ca.2H/c1-2-3-4-5-6-7;;;/h7H,2-4H2,1H3;;;. The average Bonchev–Trinajstić information content (AvgIpc) is 1.69. The van der Waals surface area contributed by atoms with E-state index in [0.29, 0.717) is 0 Å². The monoisotopic (exact) mass is 140 g/mol. The van der Waals surface area contributed by atoms with Crippen molar-refractivity contribution in [2.24, 2.45) is 0 Å². The van der Waals surface area contributed by atoms with Crippen LogP contribution in [0.4, 0.5) is 0 Å². The van der Waals surface area contributed by atoms with Crippen molar-refractivity contribution in [3.8, 4) is 12.0 Å². The van der Waals surface area contributed by atoms with Gasteiger partial charge in [0, 0.05) is 6.42 Å². The van der Waals surface area contributed by atoms with Crippen molar-refractivity contribution >= 4 is 37.7 Å². The zero-order valence-corrected chi connectivity index (χ0v) is 4.57. The molecule has 0 amide bonds. The van der Waals surface area contributed by atoms with Gasteiger partial charge in [-0.15, -0.1) is 0 Å². The first kappa shape index (κ1) is 11.4. The van der Waals surface area contributed by atoms with E-state index >= 15 is 0 Å². The van der Waals surface area contributed by atoms with Crippen LogP contribution in [-0.2, 0) is 0 Å². The first-order chi connectivity index (χ1) is 3.41. The number of aliphatic hydroxyl groups excluding tert-OH is 1. The topological polar surface area (TPSA) is 20.2 Å². The van der Waals surface area contributed by atoms with Crippen LogP contribution in [0.1, 0.15) is 26.2 Å². The van der Waals surface area contributed by atoms with Crippen molar-refractivity contribution in [2.45, 2.75) is 26.2 Å². The number of hydrogen-bond donors (Lipinski definition) is 1. The molecule has 44 valence electrons. The van der Waals surface area contributed by atoms with E-state index < -0.39 is 0 Å². The van der Waals surface area contributed by atoms with E-state index in [0.717, 1.165) is 19.3 Å². The van der Waals surface area contributed by atoms with Crippen molar-refractivity contribution in [3.63, 3.8) is 0 Å². The number of rotatable bonds is 2. The Labute approximate surface area is 80.5 Å². The molecule has 1 N–H and O–H groups in total. The van der Waals surface area contributed by atoms with Crippen molar-refractivity contribution in [1.82, 2.24) is 0 Å². The molecule has 8 heavy (non-hydrogen) atoms. The summed E-state index contributed by atoms with van der Waals surface area (Å²) in [5.41, 5.74) is 0. The van der Waals surface area contributed by atoms with Gasteiger partial charge in [0.25, 0.3) is 0 Å². The fourth-order valence-electron chi connectivity index (χ4n) is 0.321. The summed E-state index contributed by atoms with van der Waals surface area (Å²) in [7, 11) is 0. The minimum atomic E-state index is 0. The molecule has 0 atom stereocenters. The molecule has 0 unspecified atom stereocenters. The van der Waals surface area contributed by atoms with Gasteiger partial charge in [0.1, 0.15) is 6.11 Å². The second-order valence-electron chi connectivity index (χ2n) is 1.39. The summed E-state index contributed by atoms with van der Waals surface area (Å²) >= 11 is 0. The van der Waals surface area contributed by atoms with Gasteiger partial charge in [0.05, 0.1) is 0 Å². The van der Waals surface area contributed by atoms with Gasteiger partial charge in [-0.3, -0.25) is 0 Å². The van der Waals surface area contributed by atoms with Crippen LogP contribution in [0.2, 0.25) is 0 Å². The maximum absolute atomic E-state index is 7.93. The molecule has 0 radical (unpaired) electrons.